The number of aromatic nitrogens is 1. The van der Waals surface area contributed by atoms with Crippen LogP contribution in [-0.4, -0.2) is 35.4 Å². The van der Waals surface area contributed by atoms with Crippen LogP contribution in [0.5, 0.6) is 0 Å². The third-order valence-electron chi connectivity index (χ3n) is 4.66. The van der Waals surface area contributed by atoms with Gasteiger partial charge in [0.2, 0.25) is 0 Å². The summed E-state index contributed by atoms with van der Waals surface area (Å²) in [5, 5.41) is 2.65. The highest BCUT2D eigenvalue weighted by molar-refractivity contribution is 5.91. The second kappa shape index (κ2) is 5.92. The minimum Gasteiger partial charge on any atom is -0.354 e. The molecule has 1 aromatic heterocycles. The predicted octanol–water partition coefficient (Wildman–Crippen LogP) is 2.52. The van der Waals surface area contributed by atoms with Gasteiger partial charge in [0.25, 0.3) is 5.91 Å². The van der Waals surface area contributed by atoms with Crippen LogP contribution in [0.25, 0.3) is 0 Å². The Balaban J connectivity index is 1.82. The summed E-state index contributed by atoms with van der Waals surface area (Å²) in [6, 6.07) is 6.95. The molecule has 1 saturated carbocycles. The number of pyridine rings is 1. The lowest BCUT2D eigenvalue weighted by molar-refractivity contribution is 0.0957. The van der Waals surface area contributed by atoms with Crippen molar-refractivity contribution >= 4 is 5.91 Å². The average molecular weight is 273 g/mol. The Morgan fingerprint density at radius 3 is 2.80 bits per heavy atom. The molecule has 4 heteroatoms. The molecule has 1 aromatic rings. The maximum Gasteiger partial charge on any atom is 0.269 e. The summed E-state index contributed by atoms with van der Waals surface area (Å²) in [6.45, 7) is 1.18. The topological polar surface area (TPSA) is 45.2 Å². The van der Waals surface area contributed by atoms with Gasteiger partial charge in [0.15, 0.2) is 0 Å². The molecule has 1 aliphatic carbocycles. The van der Waals surface area contributed by atoms with Crippen molar-refractivity contribution in [2.24, 2.45) is 0 Å². The van der Waals surface area contributed by atoms with E-state index in [1.54, 1.807) is 13.1 Å². The molecule has 1 aliphatic heterocycles. The molecule has 20 heavy (non-hydrogen) atoms. The zero-order valence-electron chi connectivity index (χ0n) is 12.1. The number of rotatable bonds is 3. The third kappa shape index (κ3) is 2.57. The Labute approximate surface area is 120 Å². The van der Waals surface area contributed by atoms with E-state index in [0.29, 0.717) is 11.7 Å². The fraction of sp³-hybridized carbons (Fsp3) is 0.625. The molecule has 0 radical (unpaired) electrons. The summed E-state index contributed by atoms with van der Waals surface area (Å²) in [6.07, 6.45) is 7.78. The van der Waals surface area contributed by atoms with Crippen LogP contribution < -0.4 is 5.32 Å². The van der Waals surface area contributed by atoms with E-state index in [1.165, 1.54) is 45.1 Å². The van der Waals surface area contributed by atoms with Gasteiger partial charge in [-0.3, -0.25) is 9.69 Å². The highest BCUT2D eigenvalue weighted by Crippen LogP contribution is 2.37. The summed E-state index contributed by atoms with van der Waals surface area (Å²) in [5.41, 5.74) is 1.60. The maximum absolute atomic E-state index is 11.7. The molecular weight excluding hydrogens is 250 g/mol. The fourth-order valence-electron chi connectivity index (χ4n) is 3.67. The number of hydrogen-bond donors (Lipinski definition) is 1. The van der Waals surface area contributed by atoms with Crippen molar-refractivity contribution < 1.29 is 4.79 Å². The van der Waals surface area contributed by atoms with Crippen LogP contribution in [0.1, 0.15) is 60.7 Å². The molecule has 0 bridgehead atoms. The van der Waals surface area contributed by atoms with Crippen LogP contribution in [0.15, 0.2) is 18.2 Å². The Morgan fingerprint density at radius 2 is 2.05 bits per heavy atom. The molecule has 2 aliphatic rings. The minimum absolute atomic E-state index is 0.0998. The molecule has 4 nitrogen and oxygen atoms in total. The first-order valence-corrected chi connectivity index (χ1v) is 7.74. The summed E-state index contributed by atoms with van der Waals surface area (Å²) in [4.78, 5) is 19.0. The van der Waals surface area contributed by atoms with E-state index in [9.17, 15) is 4.79 Å². The van der Waals surface area contributed by atoms with Gasteiger partial charge in [-0.05, 0) is 44.4 Å². The first kappa shape index (κ1) is 13.6. The van der Waals surface area contributed by atoms with E-state index >= 15 is 0 Å². The molecule has 1 atom stereocenters. The normalized spacial score (nSPS) is 24.1. The third-order valence-corrected chi connectivity index (χ3v) is 4.66. The van der Waals surface area contributed by atoms with Gasteiger partial charge in [0.05, 0.1) is 11.7 Å². The van der Waals surface area contributed by atoms with Crippen molar-refractivity contribution in [3.8, 4) is 0 Å². The van der Waals surface area contributed by atoms with Crippen molar-refractivity contribution in [1.29, 1.82) is 0 Å². The first-order chi connectivity index (χ1) is 9.79. The van der Waals surface area contributed by atoms with Crippen LogP contribution in [0.4, 0.5) is 0 Å². The van der Waals surface area contributed by atoms with Gasteiger partial charge in [-0.15, -0.1) is 0 Å². The molecule has 1 saturated heterocycles. The lowest BCUT2D eigenvalue weighted by Gasteiger charge is -2.30. The predicted molar refractivity (Wildman–Crippen MR) is 78.6 cm³/mol. The number of nitrogens with zero attached hydrogens (tertiary/aromatic N) is 2. The van der Waals surface area contributed by atoms with E-state index in [0.717, 1.165) is 11.7 Å². The van der Waals surface area contributed by atoms with Crippen molar-refractivity contribution in [3.63, 3.8) is 0 Å². The summed E-state index contributed by atoms with van der Waals surface area (Å²) >= 11 is 0. The van der Waals surface area contributed by atoms with E-state index in [2.05, 4.69) is 21.3 Å². The quantitative estimate of drug-likeness (QED) is 0.920. The second-order valence-electron chi connectivity index (χ2n) is 5.86. The van der Waals surface area contributed by atoms with Crippen LogP contribution >= 0.6 is 0 Å². The number of hydrogen-bond acceptors (Lipinski definition) is 3. The van der Waals surface area contributed by atoms with Gasteiger partial charge in [-0.25, -0.2) is 4.98 Å². The SMILES string of the molecule is CNC(=O)c1cccc([C@H]2CCCN2C2CCCC2)n1. The van der Waals surface area contributed by atoms with Crippen LogP contribution in [0, 0.1) is 0 Å². The second-order valence-corrected chi connectivity index (χ2v) is 5.86. The van der Waals surface area contributed by atoms with Crippen molar-refractivity contribution in [1.82, 2.24) is 15.2 Å². The highest BCUT2D eigenvalue weighted by Gasteiger charge is 2.33. The zero-order chi connectivity index (χ0) is 13.9. The molecule has 1 amide bonds. The molecular formula is C16H23N3O. The summed E-state index contributed by atoms with van der Waals surface area (Å²) < 4.78 is 0. The lowest BCUT2D eigenvalue weighted by atomic mass is 10.1. The van der Waals surface area contributed by atoms with Crippen LogP contribution in [0.2, 0.25) is 0 Å². The van der Waals surface area contributed by atoms with E-state index < -0.39 is 0 Å². The molecule has 0 aromatic carbocycles. The molecule has 0 spiro atoms. The molecule has 108 valence electrons. The minimum atomic E-state index is -0.0998. The number of carbonyl (C=O) groups is 1. The standard InChI is InChI=1S/C16H23N3O/c1-17-16(20)14-9-4-8-13(18-14)15-10-5-11-19(15)12-6-2-3-7-12/h4,8-9,12,15H,2-3,5-7,10-11H2,1H3,(H,17,20)/t15-/m1/s1. The van der Waals surface area contributed by atoms with E-state index in [1.807, 2.05) is 6.07 Å². The first-order valence-electron chi connectivity index (χ1n) is 7.74. The number of carbonyl (C=O) groups excluding carboxylic acids is 1. The van der Waals surface area contributed by atoms with Crippen molar-refractivity contribution in [2.75, 3.05) is 13.6 Å². The largest absolute Gasteiger partial charge is 0.354 e. The Hall–Kier alpha value is -1.42. The summed E-state index contributed by atoms with van der Waals surface area (Å²) in [7, 11) is 1.65. The Kier molecular flexibility index (Phi) is 4.01. The van der Waals surface area contributed by atoms with Crippen molar-refractivity contribution in [2.45, 2.75) is 50.6 Å². The van der Waals surface area contributed by atoms with E-state index in [4.69, 9.17) is 0 Å². The van der Waals surface area contributed by atoms with Crippen LogP contribution in [0.3, 0.4) is 0 Å². The number of amides is 1. The Morgan fingerprint density at radius 1 is 1.25 bits per heavy atom. The average Bonchev–Trinajstić information content (AvgIpc) is 3.16. The summed E-state index contributed by atoms with van der Waals surface area (Å²) in [5.74, 6) is -0.0998. The van der Waals surface area contributed by atoms with Crippen molar-refractivity contribution in [3.05, 3.63) is 29.6 Å². The van der Waals surface area contributed by atoms with E-state index in [-0.39, 0.29) is 5.91 Å². The molecule has 1 N–H and O–H groups in total. The Bertz CT molecular complexity index is 482. The lowest BCUT2D eigenvalue weighted by Crippen LogP contribution is -2.33. The maximum atomic E-state index is 11.7. The molecule has 2 fully saturated rings. The van der Waals surface area contributed by atoms with Gasteiger partial charge in [0, 0.05) is 13.1 Å². The number of nitrogens with one attached hydrogen (secondary N) is 1. The zero-order valence-corrected chi connectivity index (χ0v) is 12.1. The number of likely N-dealkylation sites (tertiary alicyclic amines) is 1. The van der Waals surface area contributed by atoms with Gasteiger partial charge < -0.3 is 5.32 Å². The molecule has 2 heterocycles. The van der Waals surface area contributed by atoms with Gasteiger partial charge in [-0.1, -0.05) is 18.9 Å². The smallest absolute Gasteiger partial charge is 0.269 e. The fourth-order valence-corrected chi connectivity index (χ4v) is 3.67. The van der Waals surface area contributed by atoms with Gasteiger partial charge >= 0.3 is 0 Å². The molecule has 3 rings (SSSR count). The van der Waals surface area contributed by atoms with Gasteiger partial charge in [0.1, 0.15) is 5.69 Å². The van der Waals surface area contributed by atoms with Gasteiger partial charge in [-0.2, -0.15) is 0 Å². The highest BCUT2D eigenvalue weighted by atomic mass is 16.1. The molecule has 0 unspecified atom stereocenters. The van der Waals surface area contributed by atoms with Crippen LogP contribution in [-0.2, 0) is 0 Å². The monoisotopic (exact) mass is 273 g/mol.